The van der Waals surface area contributed by atoms with Gasteiger partial charge in [0.25, 0.3) is 0 Å². The molecule has 0 N–H and O–H groups in total. The number of hydrogen-bond donors (Lipinski definition) is 0. The minimum Gasteiger partial charge on any atom is -0.341 e. The second-order valence-electron chi connectivity index (χ2n) is 6.00. The van der Waals surface area contributed by atoms with Gasteiger partial charge < -0.3 is 4.90 Å². The fourth-order valence-electron chi connectivity index (χ4n) is 3.74. The number of aryl methyl sites for hydroxylation is 1. The molecule has 18 heavy (non-hydrogen) atoms. The molecule has 0 spiro atoms. The van der Waals surface area contributed by atoms with Gasteiger partial charge in [0, 0.05) is 38.3 Å². The van der Waals surface area contributed by atoms with Crippen LogP contribution in [0.25, 0.3) is 0 Å². The molecule has 2 aliphatic rings. The van der Waals surface area contributed by atoms with Crippen LogP contribution in [0.4, 0.5) is 0 Å². The Kier molecular flexibility index (Phi) is 2.88. The van der Waals surface area contributed by atoms with Crippen LogP contribution in [0.3, 0.4) is 0 Å². The van der Waals surface area contributed by atoms with Crippen LogP contribution >= 0.6 is 0 Å². The van der Waals surface area contributed by atoms with Gasteiger partial charge in [0.1, 0.15) is 0 Å². The quantitative estimate of drug-likeness (QED) is 0.817. The molecule has 4 nitrogen and oxygen atoms in total. The third kappa shape index (κ3) is 2.04. The summed E-state index contributed by atoms with van der Waals surface area (Å²) in [5.41, 5.74) is 1.11. The average molecular weight is 247 g/mol. The van der Waals surface area contributed by atoms with Gasteiger partial charge in [0.05, 0.1) is 6.20 Å². The zero-order chi connectivity index (χ0) is 12.7. The van der Waals surface area contributed by atoms with E-state index in [-0.39, 0.29) is 0 Å². The smallest absolute Gasteiger partial charge is 0.226 e. The highest BCUT2D eigenvalue weighted by Gasteiger charge is 2.43. The molecule has 2 fully saturated rings. The lowest BCUT2D eigenvalue weighted by molar-refractivity contribution is -0.136. The second-order valence-corrected chi connectivity index (χ2v) is 6.00. The summed E-state index contributed by atoms with van der Waals surface area (Å²) in [4.78, 5) is 14.3. The van der Waals surface area contributed by atoms with Crippen molar-refractivity contribution in [2.24, 2.45) is 24.8 Å². The molecular weight excluding hydrogens is 226 g/mol. The number of nitrogens with zero attached hydrogens (tertiary/aromatic N) is 3. The van der Waals surface area contributed by atoms with E-state index in [9.17, 15) is 4.79 Å². The molecule has 0 saturated heterocycles. The Morgan fingerprint density at radius 3 is 2.89 bits per heavy atom. The molecule has 2 bridgehead atoms. The number of carbonyl (C=O) groups is 1. The Bertz CT molecular complexity index is 454. The van der Waals surface area contributed by atoms with Gasteiger partial charge >= 0.3 is 0 Å². The molecule has 4 heteroatoms. The standard InChI is InChI=1S/C14H21N3O/c1-16(8-11-7-15-17(2)9-11)14(18)13-6-10-3-4-12(13)5-10/h7,9-10,12-13H,3-6,8H2,1-2H3. The molecule has 1 aromatic rings. The first-order chi connectivity index (χ1) is 8.63. The Morgan fingerprint density at radius 2 is 2.33 bits per heavy atom. The summed E-state index contributed by atoms with van der Waals surface area (Å²) in [7, 11) is 3.82. The number of hydrogen-bond acceptors (Lipinski definition) is 2. The number of aromatic nitrogens is 2. The van der Waals surface area contributed by atoms with Gasteiger partial charge in [-0.15, -0.1) is 0 Å². The molecule has 1 aromatic heterocycles. The lowest BCUT2D eigenvalue weighted by Crippen LogP contribution is -2.35. The van der Waals surface area contributed by atoms with E-state index in [4.69, 9.17) is 0 Å². The molecule has 1 amide bonds. The summed E-state index contributed by atoms with van der Waals surface area (Å²) in [6.07, 6.45) is 8.84. The fourth-order valence-corrected chi connectivity index (χ4v) is 3.74. The van der Waals surface area contributed by atoms with Gasteiger partial charge in [-0.05, 0) is 31.1 Å². The maximum atomic E-state index is 12.4. The van der Waals surface area contributed by atoms with Crippen molar-refractivity contribution in [1.29, 1.82) is 0 Å². The van der Waals surface area contributed by atoms with E-state index in [1.54, 1.807) is 4.68 Å². The van der Waals surface area contributed by atoms with Crippen LogP contribution in [0.15, 0.2) is 12.4 Å². The van der Waals surface area contributed by atoms with Gasteiger partial charge in [-0.1, -0.05) is 6.42 Å². The number of rotatable bonds is 3. The van der Waals surface area contributed by atoms with Crippen LogP contribution in [0.2, 0.25) is 0 Å². The fraction of sp³-hybridized carbons (Fsp3) is 0.714. The largest absolute Gasteiger partial charge is 0.341 e. The summed E-state index contributed by atoms with van der Waals surface area (Å²) in [5.74, 6) is 2.13. The molecular formula is C14H21N3O. The zero-order valence-corrected chi connectivity index (χ0v) is 11.2. The van der Waals surface area contributed by atoms with Crippen molar-refractivity contribution in [3.8, 4) is 0 Å². The molecule has 3 unspecified atom stereocenters. The molecule has 0 aromatic carbocycles. The zero-order valence-electron chi connectivity index (χ0n) is 11.2. The van der Waals surface area contributed by atoms with E-state index in [2.05, 4.69) is 5.10 Å². The first kappa shape index (κ1) is 11.8. The Labute approximate surface area is 108 Å². The molecule has 2 saturated carbocycles. The van der Waals surface area contributed by atoms with E-state index in [1.807, 2.05) is 31.4 Å². The van der Waals surface area contributed by atoms with Gasteiger partial charge in [0.15, 0.2) is 0 Å². The first-order valence-corrected chi connectivity index (χ1v) is 6.86. The molecule has 3 atom stereocenters. The highest BCUT2D eigenvalue weighted by molar-refractivity contribution is 5.79. The van der Waals surface area contributed by atoms with E-state index < -0.39 is 0 Å². The highest BCUT2D eigenvalue weighted by atomic mass is 16.2. The van der Waals surface area contributed by atoms with Crippen molar-refractivity contribution >= 4 is 5.91 Å². The first-order valence-electron chi connectivity index (χ1n) is 6.86. The van der Waals surface area contributed by atoms with Crippen molar-refractivity contribution in [2.45, 2.75) is 32.2 Å². The highest BCUT2D eigenvalue weighted by Crippen LogP contribution is 2.48. The predicted molar refractivity (Wildman–Crippen MR) is 68.6 cm³/mol. The topological polar surface area (TPSA) is 38.1 Å². The van der Waals surface area contributed by atoms with Crippen molar-refractivity contribution in [1.82, 2.24) is 14.7 Å². The maximum absolute atomic E-state index is 12.4. The van der Waals surface area contributed by atoms with Gasteiger partial charge in [-0.25, -0.2) is 0 Å². The monoisotopic (exact) mass is 247 g/mol. The van der Waals surface area contributed by atoms with Crippen molar-refractivity contribution in [2.75, 3.05) is 7.05 Å². The average Bonchev–Trinajstić information content (AvgIpc) is 3.04. The molecule has 0 radical (unpaired) electrons. The van der Waals surface area contributed by atoms with E-state index >= 15 is 0 Å². The molecule has 98 valence electrons. The Morgan fingerprint density at radius 1 is 1.50 bits per heavy atom. The molecule has 1 heterocycles. The third-order valence-corrected chi connectivity index (χ3v) is 4.61. The summed E-state index contributed by atoms with van der Waals surface area (Å²) in [6, 6.07) is 0. The van der Waals surface area contributed by atoms with Crippen molar-refractivity contribution < 1.29 is 4.79 Å². The van der Waals surface area contributed by atoms with Crippen LogP contribution in [0.5, 0.6) is 0 Å². The SMILES string of the molecule is CN(Cc1cnn(C)c1)C(=O)C1CC2CCC1C2. The van der Waals surface area contributed by atoms with Crippen LogP contribution in [0, 0.1) is 17.8 Å². The van der Waals surface area contributed by atoms with Crippen LogP contribution in [-0.4, -0.2) is 27.6 Å². The van der Waals surface area contributed by atoms with Crippen LogP contribution < -0.4 is 0 Å². The summed E-state index contributed by atoms with van der Waals surface area (Å²) in [5, 5.41) is 4.14. The van der Waals surface area contributed by atoms with Crippen molar-refractivity contribution in [3.05, 3.63) is 18.0 Å². The van der Waals surface area contributed by atoms with E-state index in [1.165, 1.54) is 19.3 Å². The lowest BCUT2D eigenvalue weighted by Gasteiger charge is -2.26. The Hall–Kier alpha value is -1.32. The second kappa shape index (κ2) is 4.41. The summed E-state index contributed by atoms with van der Waals surface area (Å²) >= 11 is 0. The van der Waals surface area contributed by atoms with E-state index in [0.29, 0.717) is 24.3 Å². The number of amides is 1. The summed E-state index contributed by atoms with van der Waals surface area (Å²) in [6.45, 7) is 0.681. The minimum absolute atomic E-state index is 0.297. The van der Waals surface area contributed by atoms with E-state index in [0.717, 1.165) is 17.9 Å². The van der Waals surface area contributed by atoms with Gasteiger partial charge in [-0.2, -0.15) is 5.10 Å². The van der Waals surface area contributed by atoms with Crippen LogP contribution in [0.1, 0.15) is 31.2 Å². The maximum Gasteiger partial charge on any atom is 0.226 e. The number of carbonyl (C=O) groups excluding carboxylic acids is 1. The molecule has 2 aliphatic carbocycles. The van der Waals surface area contributed by atoms with Crippen molar-refractivity contribution in [3.63, 3.8) is 0 Å². The predicted octanol–water partition coefficient (Wildman–Crippen LogP) is 1.81. The molecule has 3 rings (SSSR count). The minimum atomic E-state index is 0.297. The third-order valence-electron chi connectivity index (χ3n) is 4.61. The normalized spacial score (nSPS) is 29.8. The molecule has 0 aliphatic heterocycles. The number of fused-ring (bicyclic) bond motifs is 2. The lowest BCUT2D eigenvalue weighted by atomic mass is 9.88. The Balaban J connectivity index is 1.62. The van der Waals surface area contributed by atoms with Gasteiger partial charge in [-0.3, -0.25) is 9.48 Å². The van der Waals surface area contributed by atoms with Gasteiger partial charge in [0.2, 0.25) is 5.91 Å². The summed E-state index contributed by atoms with van der Waals surface area (Å²) < 4.78 is 1.78. The van der Waals surface area contributed by atoms with Crippen LogP contribution in [-0.2, 0) is 18.4 Å².